The van der Waals surface area contributed by atoms with Crippen LogP contribution in [0, 0.1) is 5.82 Å². The monoisotopic (exact) mass is 413 g/mol. The second-order valence-corrected chi connectivity index (χ2v) is 6.98. The van der Waals surface area contributed by atoms with Gasteiger partial charge in [-0.05, 0) is 30.3 Å². The van der Waals surface area contributed by atoms with Gasteiger partial charge in [-0.2, -0.15) is 0 Å². The highest BCUT2D eigenvalue weighted by Gasteiger charge is 2.24. The van der Waals surface area contributed by atoms with Gasteiger partial charge in [-0.25, -0.2) is 14.2 Å². The zero-order valence-corrected chi connectivity index (χ0v) is 16.2. The van der Waals surface area contributed by atoms with Crippen molar-refractivity contribution in [2.75, 3.05) is 30.5 Å². The Bertz CT molecular complexity index is 1090. The molecule has 148 valence electrons. The summed E-state index contributed by atoms with van der Waals surface area (Å²) in [5, 5.41) is 4.73. The van der Waals surface area contributed by atoms with E-state index in [4.69, 9.17) is 9.47 Å². The minimum Gasteiger partial charge on any atom is -0.496 e. The molecule has 1 aliphatic heterocycles. The fourth-order valence-electron chi connectivity index (χ4n) is 2.91. The van der Waals surface area contributed by atoms with Crippen molar-refractivity contribution in [2.45, 2.75) is 0 Å². The number of nitrogens with one attached hydrogen (secondary N) is 1. The highest BCUT2D eigenvalue weighted by molar-refractivity contribution is 7.13. The Morgan fingerprint density at radius 2 is 2.14 bits per heavy atom. The molecule has 0 aliphatic carbocycles. The van der Waals surface area contributed by atoms with Gasteiger partial charge in [0, 0.05) is 11.1 Å². The number of hydrogen-bond donors (Lipinski definition) is 1. The summed E-state index contributed by atoms with van der Waals surface area (Å²) in [6, 6.07) is 11.4. The van der Waals surface area contributed by atoms with Gasteiger partial charge in [0.15, 0.2) is 0 Å². The molecule has 1 saturated heterocycles. The van der Waals surface area contributed by atoms with Gasteiger partial charge in [0.1, 0.15) is 28.9 Å². The summed E-state index contributed by atoms with van der Waals surface area (Å²) in [5.74, 6) is -0.526. The molecule has 9 heteroatoms. The number of ether oxygens (including phenoxy) is 2. The number of aromatic nitrogens is 1. The summed E-state index contributed by atoms with van der Waals surface area (Å²) in [4.78, 5) is 30.0. The van der Waals surface area contributed by atoms with Crippen LogP contribution >= 0.6 is 11.3 Å². The Morgan fingerprint density at radius 1 is 1.31 bits per heavy atom. The number of hydrogen-bond acceptors (Lipinski definition) is 6. The van der Waals surface area contributed by atoms with Crippen LogP contribution in [0.4, 0.5) is 20.6 Å². The lowest BCUT2D eigenvalue weighted by atomic mass is 10.2. The molecule has 1 fully saturated rings. The van der Waals surface area contributed by atoms with E-state index in [9.17, 15) is 14.0 Å². The van der Waals surface area contributed by atoms with E-state index in [1.807, 2.05) is 18.2 Å². The average molecular weight is 413 g/mol. The summed E-state index contributed by atoms with van der Waals surface area (Å²) in [6.07, 6.45) is -0.505. The molecule has 1 aliphatic rings. The van der Waals surface area contributed by atoms with E-state index in [2.05, 4.69) is 10.3 Å². The molecule has 1 N–H and O–H groups in total. The molecule has 0 radical (unpaired) electrons. The van der Waals surface area contributed by atoms with Crippen LogP contribution in [0.15, 0.2) is 47.8 Å². The van der Waals surface area contributed by atoms with E-state index in [0.717, 1.165) is 5.56 Å². The predicted molar refractivity (Wildman–Crippen MR) is 107 cm³/mol. The molecule has 0 atom stereocenters. The van der Waals surface area contributed by atoms with Gasteiger partial charge < -0.3 is 14.8 Å². The van der Waals surface area contributed by atoms with Crippen molar-refractivity contribution in [2.24, 2.45) is 0 Å². The third-order valence-electron chi connectivity index (χ3n) is 4.34. The van der Waals surface area contributed by atoms with Crippen molar-refractivity contribution in [1.82, 2.24) is 4.98 Å². The molecular formula is C20H16FN3O4S. The molecular weight excluding hydrogens is 397 g/mol. The first-order chi connectivity index (χ1) is 14.1. The maximum Gasteiger partial charge on any atom is 0.414 e. The number of benzene rings is 2. The standard InChI is InChI=1S/C20H16FN3O4S/c1-27-17-5-3-2-4-13(17)19-23-16(11-29-19)18(25)22-15-10-12(6-7-14(15)21)24-8-9-28-20(24)26/h2-7,10-11H,8-9H2,1H3,(H,22,25). The van der Waals surface area contributed by atoms with Gasteiger partial charge >= 0.3 is 6.09 Å². The van der Waals surface area contributed by atoms with E-state index in [0.29, 0.717) is 23.0 Å². The zero-order valence-electron chi connectivity index (χ0n) is 15.3. The molecule has 0 bridgehead atoms. The van der Waals surface area contributed by atoms with Gasteiger partial charge in [-0.1, -0.05) is 12.1 Å². The molecule has 2 aromatic carbocycles. The molecule has 0 saturated carbocycles. The van der Waals surface area contributed by atoms with Gasteiger partial charge in [0.05, 0.1) is 24.9 Å². The number of rotatable bonds is 5. The second kappa shape index (κ2) is 7.88. The largest absolute Gasteiger partial charge is 0.496 e. The minimum absolute atomic E-state index is 0.0426. The molecule has 4 rings (SSSR count). The van der Waals surface area contributed by atoms with Crippen LogP contribution in [0.2, 0.25) is 0 Å². The van der Waals surface area contributed by atoms with Crippen molar-refractivity contribution >= 4 is 34.7 Å². The Labute approximate surface area is 169 Å². The molecule has 1 aromatic heterocycles. The quantitative estimate of drug-likeness (QED) is 0.679. The van der Waals surface area contributed by atoms with Crippen molar-refractivity contribution in [3.05, 3.63) is 59.4 Å². The molecule has 2 amide bonds. The van der Waals surface area contributed by atoms with Crippen molar-refractivity contribution in [3.63, 3.8) is 0 Å². The number of para-hydroxylation sites is 1. The Balaban J connectivity index is 1.56. The molecule has 7 nitrogen and oxygen atoms in total. The first-order valence-electron chi connectivity index (χ1n) is 8.71. The van der Waals surface area contributed by atoms with Crippen molar-refractivity contribution in [3.8, 4) is 16.3 Å². The topological polar surface area (TPSA) is 80.8 Å². The van der Waals surface area contributed by atoms with E-state index < -0.39 is 17.8 Å². The van der Waals surface area contributed by atoms with E-state index in [1.54, 1.807) is 18.6 Å². The lowest BCUT2D eigenvalue weighted by Gasteiger charge is -2.14. The normalized spacial score (nSPS) is 13.3. The lowest BCUT2D eigenvalue weighted by Crippen LogP contribution is -2.23. The first kappa shape index (κ1) is 18.9. The van der Waals surface area contributed by atoms with Crippen molar-refractivity contribution < 1.29 is 23.5 Å². The van der Waals surface area contributed by atoms with E-state index in [1.165, 1.54) is 34.4 Å². The van der Waals surface area contributed by atoms with Gasteiger partial charge in [-0.3, -0.25) is 9.69 Å². The number of methoxy groups -OCH3 is 1. The number of nitrogens with zero attached hydrogens (tertiary/aromatic N) is 2. The summed E-state index contributed by atoms with van der Waals surface area (Å²) in [5.41, 5.74) is 1.32. The third kappa shape index (κ3) is 3.77. The number of cyclic esters (lactones) is 1. The third-order valence-corrected chi connectivity index (χ3v) is 5.22. The average Bonchev–Trinajstić information content (AvgIpc) is 3.39. The summed E-state index contributed by atoms with van der Waals surface area (Å²) < 4.78 is 24.4. The maximum absolute atomic E-state index is 14.2. The smallest absolute Gasteiger partial charge is 0.414 e. The maximum atomic E-state index is 14.2. The van der Waals surface area contributed by atoms with Gasteiger partial charge in [0.2, 0.25) is 0 Å². The molecule has 0 spiro atoms. The fourth-order valence-corrected chi connectivity index (χ4v) is 3.74. The highest BCUT2D eigenvalue weighted by Crippen LogP contribution is 2.32. The number of carbonyl (C=O) groups is 2. The first-order valence-corrected chi connectivity index (χ1v) is 9.59. The summed E-state index contributed by atoms with van der Waals surface area (Å²) in [6.45, 7) is 0.634. The van der Waals surface area contributed by atoms with Crippen LogP contribution in [0.1, 0.15) is 10.5 Å². The summed E-state index contributed by atoms with van der Waals surface area (Å²) >= 11 is 1.28. The molecule has 0 unspecified atom stereocenters. The second-order valence-electron chi connectivity index (χ2n) is 6.12. The van der Waals surface area contributed by atoms with Crippen LogP contribution in [-0.2, 0) is 4.74 Å². The molecule has 29 heavy (non-hydrogen) atoms. The lowest BCUT2D eigenvalue weighted by molar-refractivity contribution is 0.102. The SMILES string of the molecule is COc1ccccc1-c1nc(C(=O)Nc2cc(N3CCOC3=O)ccc2F)cs1. The number of amides is 2. The number of carbonyl (C=O) groups excluding carboxylic acids is 2. The van der Waals surface area contributed by atoms with E-state index >= 15 is 0 Å². The Kier molecular flexibility index (Phi) is 5.13. The van der Waals surface area contributed by atoms with Crippen molar-refractivity contribution in [1.29, 1.82) is 0 Å². The Hall–Kier alpha value is -3.46. The van der Waals surface area contributed by atoms with Crippen LogP contribution in [0.5, 0.6) is 5.75 Å². The molecule has 2 heterocycles. The zero-order chi connectivity index (χ0) is 20.4. The van der Waals surface area contributed by atoms with Gasteiger partial charge in [0.25, 0.3) is 5.91 Å². The number of halogens is 1. The van der Waals surface area contributed by atoms with Crippen LogP contribution in [0.3, 0.4) is 0 Å². The Morgan fingerprint density at radius 3 is 2.90 bits per heavy atom. The predicted octanol–water partition coefficient (Wildman–Crippen LogP) is 4.17. The molecule has 3 aromatic rings. The minimum atomic E-state index is -0.616. The number of anilines is 2. The van der Waals surface area contributed by atoms with Crippen LogP contribution in [0.25, 0.3) is 10.6 Å². The van der Waals surface area contributed by atoms with Gasteiger partial charge in [-0.15, -0.1) is 11.3 Å². The van der Waals surface area contributed by atoms with Crippen LogP contribution in [-0.4, -0.2) is 37.2 Å². The highest BCUT2D eigenvalue weighted by atomic mass is 32.1. The van der Waals surface area contributed by atoms with Crippen LogP contribution < -0.4 is 15.0 Å². The number of thiazole rings is 1. The summed E-state index contributed by atoms with van der Waals surface area (Å²) in [7, 11) is 1.56. The van der Waals surface area contributed by atoms with E-state index in [-0.39, 0.29) is 18.0 Å². The fraction of sp³-hybridized carbons (Fsp3) is 0.150.